The molecule has 20 heavy (non-hydrogen) atoms. The summed E-state index contributed by atoms with van der Waals surface area (Å²) in [5.74, 6) is 0. The molecule has 1 heterocycles. The van der Waals surface area contributed by atoms with Crippen molar-refractivity contribution in [3.05, 3.63) is 28.3 Å². The van der Waals surface area contributed by atoms with Crippen molar-refractivity contribution in [2.75, 3.05) is 12.3 Å². The summed E-state index contributed by atoms with van der Waals surface area (Å²) in [5, 5.41) is 10.8. The molecule has 7 nitrogen and oxygen atoms in total. The van der Waals surface area contributed by atoms with E-state index in [1.807, 2.05) is 6.92 Å². The summed E-state index contributed by atoms with van der Waals surface area (Å²) in [4.78, 5) is 9.99. The molecule has 1 fully saturated rings. The molecule has 1 aliphatic heterocycles. The molecule has 1 aliphatic rings. The van der Waals surface area contributed by atoms with E-state index in [4.69, 9.17) is 5.73 Å². The largest absolute Gasteiger partial charge is 0.398 e. The van der Waals surface area contributed by atoms with Gasteiger partial charge in [0.15, 0.2) is 0 Å². The highest BCUT2D eigenvalue weighted by molar-refractivity contribution is 7.89. The van der Waals surface area contributed by atoms with Gasteiger partial charge in [0.25, 0.3) is 5.69 Å². The van der Waals surface area contributed by atoms with E-state index in [0.29, 0.717) is 13.0 Å². The Balaban J connectivity index is 2.48. The summed E-state index contributed by atoms with van der Waals surface area (Å²) in [6.07, 6.45) is 2.32. The first-order chi connectivity index (χ1) is 9.37. The van der Waals surface area contributed by atoms with E-state index in [1.54, 1.807) is 0 Å². The zero-order valence-electron chi connectivity index (χ0n) is 11.2. The Hall–Kier alpha value is -1.67. The molecule has 1 saturated heterocycles. The van der Waals surface area contributed by atoms with Crippen LogP contribution in [-0.4, -0.2) is 30.2 Å². The lowest BCUT2D eigenvalue weighted by molar-refractivity contribution is -0.385. The first kappa shape index (κ1) is 14.7. The summed E-state index contributed by atoms with van der Waals surface area (Å²) in [6, 6.07) is 3.45. The van der Waals surface area contributed by atoms with Crippen molar-refractivity contribution in [2.45, 2.75) is 37.1 Å². The molecule has 0 aliphatic carbocycles. The molecule has 1 aromatic rings. The molecule has 0 radical (unpaired) electrons. The van der Waals surface area contributed by atoms with Crippen molar-refractivity contribution in [1.29, 1.82) is 0 Å². The summed E-state index contributed by atoms with van der Waals surface area (Å²) in [7, 11) is -3.78. The molecule has 0 saturated carbocycles. The lowest BCUT2D eigenvalue weighted by Gasteiger charge is -2.23. The number of anilines is 1. The van der Waals surface area contributed by atoms with Gasteiger partial charge in [0.05, 0.1) is 10.6 Å². The fourth-order valence-corrected chi connectivity index (χ4v) is 4.42. The average molecular weight is 299 g/mol. The van der Waals surface area contributed by atoms with Crippen LogP contribution in [0, 0.1) is 10.1 Å². The molecule has 8 heteroatoms. The van der Waals surface area contributed by atoms with Crippen LogP contribution in [-0.2, 0) is 10.0 Å². The predicted octanol–water partition coefficient (Wildman–Crippen LogP) is 1.74. The number of rotatable bonds is 4. The molecule has 0 amide bonds. The van der Waals surface area contributed by atoms with Gasteiger partial charge in [-0.1, -0.05) is 6.92 Å². The summed E-state index contributed by atoms with van der Waals surface area (Å²) >= 11 is 0. The molecule has 110 valence electrons. The van der Waals surface area contributed by atoms with E-state index in [-0.39, 0.29) is 22.3 Å². The second-order valence-corrected chi connectivity index (χ2v) is 6.66. The van der Waals surface area contributed by atoms with Crippen molar-refractivity contribution < 1.29 is 13.3 Å². The molecule has 0 aromatic heterocycles. The highest BCUT2D eigenvalue weighted by atomic mass is 32.2. The lowest BCUT2D eigenvalue weighted by Crippen LogP contribution is -2.35. The van der Waals surface area contributed by atoms with Gasteiger partial charge in [0.2, 0.25) is 10.0 Å². The third-order valence-corrected chi connectivity index (χ3v) is 5.60. The first-order valence-electron chi connectivity index (χ1n) is 6.43. The van der Waals surface area contributed by atoms with Crippen LogP contribution < -0.4 is 5.73 Å². The van der Waals surface area contributed by atoms with E-state index in [1.165, 1.54) is 16.4 Å². The van der Waals surface area contributed by atoms with Crippen LogP contribution in [0.2, 0.25) is 0 Å². The third kappa shape index (κ3) is 2.48. The van der Waals surface area contributed by atoms with Crippen molar-refractivity contribution in [1.82, 2.24) is 4.31 Å². The maximum atomic E-state index is 12.6. The van der Waals surface area contributed by atoms with Gasteiger partial charge >= 0.3 is 0 Å². The zero-order valence-corrected chi connectivity index (χ0v) is 12.0. The topological polar surface area (TPSA) is 107 Å². The van der Waals surface area contributed by atoms with Crippen molar-refractivity contribution in [3.8, 4) is 0 Å². The van der Waals surface area contributed by atoms with Gasteiger partial charge in [-0.15, -0.1) is 0 Å². The Labute approximate surface area is 117 Å². The van der Waals surface area contributed by atoms with Crippen molar-refractivity contribution in [3.63, 3.8) is 0 Å². The van der Waals surface area contributed by atoms with Gasteiger partial charge in [-0.05, 0) is 25.3 Å². The van der Waals surface area contributed by atoms with E-state index < -0.39 is 14.9 Å². The van der Waals surface area contributed by atoms with Gasteiger partial charge in [-0.3, -0.25) is 10.1 Å². The van der Waals surface area contributed by atoms with Crippen LogP contribution in [0.25, 0.3) is 0 Å². The quantitative estimate of drug-likeness (QED) is 0.517. The van der Waals surface area contributed by atoms with E-state index in [0.717, 1.165) is 18.9 Å². The minimum atomic E-state index is -3.78. The second kappa shape index (κ2) is 5.37. The third-order valence-electron chi connectivity index (χ3n) is 3.59. The molecule has 1 aromatic carbocycles. The fourth-order valence-electron chi connectivity index (χ4n) is 2.52. The number of hydrogen-bond acceptors (Lipinski definition) is 5. The molecule has 0 bridgehead atoms. The maximum Gasteiger partial charge on any atom is 0.270 e. The van der Waals surface area contributed by atoms with Gasteiger partial charge in [0.1, 0.15) is 4.90 Å². The summed E-state index contributed by atoms with van der Waals surface area (Å²) in [6.45, 7) is 2.36. The van der Waals surface area contributed by atoms with Gasteiger partial charge in [-0.25, -0.2) is 8.42 Å². The summed E-state index contributed by atoms with van der Waals surface area (Å²) in [5.41, 5.74) is 5.47. The fraction of sp³-hybridized carbons (Fsp3) is 0.500. The Morgan fingerprint density at radius 2 is 2.20 bits per heavy atom. The Bertz CT molecular complexity index is 630. The molecule has 2 rings (SSSR count). The average Bonchev–Trinajstić information content (AvgIpc) is 2.87. The lowest BCUT2D eigenvalue weighted by atomic mass is 10.2. The van der Waals surface area contributed by atoms with Crippen LogP contribution in [0.5, 0.6) is 0 Å². The van der Waals surface area contributed by atoms with Crippen LogP contribution in [0.4, 0.5) is 11.4 Å². The number of sulfonamides is 1. The van der Waals surface area contributed by atoms with E-state index >= 15 is 0 Å². The number of nitrogen functional groups attached to an aromatic ring is 1. The number of nitrogens with two attached hydrogens (primary N) is 1. The van der Waals surface area contributed by atoms with Gasteiger partial charge in [-0.2, -0.15) is 4.31 Å². The first-order valence-corrected chi connectivity index (χ1v) is 7.87. The molecular weight excluding hydrogens is 282 g/mol. The van der Waals surface area contributed by atoms with Crippen LogP contribution in [0.15, 0.2) is 23.1 Å². The van der Waals surface area contributed by atoms with Crippen LogP contribution in [0.1, 0.15) is 26.2 Å². The number of hydrogen-bond donors (Lipinski definition) is 1. The molecule has 0 spiro atoms. The van der Waals surface area contributed by atoms with Crippen molar-refractivity contribution >= 4 is 21.4 Å². The van der Waals surface area contributed by atoms with Crippen LogP contribution in [0.3, 0.4) is 0 Å². The maximum absolute atomic E-state index is 12.6. The highest BCUT2D eigenvalue weighted by Gasteiger charge is 2.35. The zero-order chi connectivity index (χ0) is 14.9. The van der Waals surface area contributed by atoms with Gasteiger partial charge < -0.3 is 5.73 Å². The highest BCUT2D eigenvalue weighted by Crippen LogP contribution is 2.32. The summed E-state index contributed by atoms with van der Waals surface area (Å²) < 4.78 is 26.7. The smallest absolute Gasteiger partial charge is 0.270 e. The van der Waals surface area contributed by atoms with Gasteiger partial charge in [0, 0.05) is 24.7 Å². The molecule has 1 unspecified atom stereocenters. The number of nitro groups is 1. The number of non-ortho nitro benzene ring substituents is 1. The minimum absolute atomic E-state index is 0.0392. The van der Waals surface area contributed by atoms with E-state index in [2.05, 4.69) is 0 Å². The monoisotopic (exact) mass is 299 g/mol. The molecular formula is C12H17N3O4S. The normalized spacial score (nSPS) is 20.1. The standard InChI is InChI=1S/C12H17N3O4S/c1-2-9-4-3-7-14(9)20(18,19)12-8-10(15(16)17)5-6-11(12)13/h5-6,8-9H,2-4,7,13H2,1H3. The van der Waals surface area contributed by atoms with E-state index in [9.17, 15) is 18.5 Å². The molecule has 1 atom stereocenters. The minimum Gasteiger partial charge on any atom is -0.398 e. The number of nitro benzene ring substituents is 1. The second-order valence-electron chi connectivity index (χ2n) is 4.80. The Kier molecular flexibility index (Phi) is 3.96. The van der Waals surface area contributed by atoms with Crippen LogP contribution >= 0.6 is 0 Å². The number of nitrogens with zero attached hydrogens (tertiary/aromatic N) is 2. The molecule has 2 N–H and O–H groups in total. The predicted molar refractivity (Wildman–Crippen MR) is 74.7 cm³/mol. The Morgan fingerprint density at radius 3 is 2.80 bits per heavy atom. The van der Waals surface area contributed by atoms with Crippen molar-refractivity contribution in [2.24, 2.45) is 0 Å². The SMILES string of the molecule is CCC1CCCN1S(=O)(=O)c1cc([N+](=O)[O-])ccc1N. The number of benzene rings is 1. The Morgan fingerprint density at radius 1 is 1.50 bits per heavy atom.